The van der Waals surface area contributed by atoms with Crippen LogP contribution in [-0.4, -0.2) is 18.0 Å². The van der Waals surface area contributed by atoms with Crippen LogP contribution in [0.5, 0.6) is 0 Å². The third-order valence-corrected chi connectivity index (χ3v) is 3.20. The summed E-state index contributed by atoms with van der Waals surface area (Å²) in [6.07, 6.45) is 1.61. The summed E-state index contributed by atoms with van der Waals surface area (Å²) in [5, 5.41) is 0. The molecule has 1 aromatic rings. The highest BCUT2D eigenvalue weighted by atomic mass is 16.2. The van der Waals surface area contributed by atoms with E-state index in [-0.39, 0.29) is 18.0 Å². The van der Waals surface area contributed by atoms with Crippen molar-refractivity contribution >= 4 is 11.6 Å². The van der Waals surface area contributed by atoms with Crippen LogP contribution in [0.15, 0.2) is 24.3 Å². The summed E-state index contributed by atoms with van der Waals surface area (Å²) in [5.41, 5.74) is 8.10. The molecule has 3 nitrogen and oxygen atoms in total. The predicted molar refractivity (Wildman–Crippen MR) is 65.4 cm³/mol. The van der Waals surface area contributed by atoms with Crippen LogP contribution >= 0.6 is 0 Å². The van der Waals surface area contributed by atoms with Gasteiger partial charge in [-0.3, -0.25) is 4.79 Å². The van der Waals surface area contributed by atoms with Crippen molar-refractivity contribution in [1.82, 2.24) is 0 Å². The molecule has 0 aliphatic carbocycles. The third-order valence-electron chi connectivity index (χ3n) is 3.20. The van der Waals surface area contributed by atoms with Gasteiger partial charge in [0.15, 0.2) is 0 Å². The average Bonchev–Trinajstić information content (AvgIpc) is 2.63. The number of nitrogens with zero attached hydrogens (tertiary/aromatic N) is 1. The summed E-state index contributed by atoms with van der Waals surface area (Å²) < 4.78 is 0. The number of carbonyl (C=O) groups excluding carboxylic acids is 1. The summed E-state index contributed by atoms with van der Waals surface area (Å²) in [4.78, 5) is 14.0. The molecule has 1 amide bonds. The van der Waals surface area contributed by atoms with E-state index in [2.05, 4.69) is 13.0 Å². The van der Waals surface area contributed by atoms with E-state index in [0.29, 0.717) is 6.42 Å². The molecule has 0 fully saturated rings. The van der Waals surface area contributed by atoms with Crippen LogP contribution in [0.25, 0.3) is 0 Å². The first-order valence-corrected chi connectivity index (χ1v) is 5.81. The molecule has 1 heterocycles. The molecule has 0 saturated heterocycles. The average molecular weight is 218 g/mol. The summed E-state index contributed by atoms with van der Waals surface area (Å²) >= 11 is 0. The number of amides is 1. The Morgan fingerprint density at radius 3 is 2.94 bits per heavy atom. The Bertz CT molecular complexity index is 403. The van der Waals surface area contributed by atoms with Gasteiger partial charge >= 0.3 is 0 Å². The number of para-hydroxylation sites is 1. The van der Waals surface area contributed by atoms with Crippen molar-refractivity contribution in [2.24, 2.45) is 5.73 Å². The second-order valence-electron chi connectivity index (χ2n) is 4.40. The Balaban J connectivity index is 2.32. The Kier molecular flexibility index (Phi) is 2.97. The van der Waals surface area contributed by atoms with E-state index in [1.54, 1.807) is 0 Å². The molecule has 1 aliphatic rings. The first-order chi connectivity index (χ1) is 7.65. The predicted octanol–water partition coefficient (Wildman–Crippen LogP) is 1.70. The topological polar surface area (TPSA) is 46.3 Å². The number of hydrogen-bond donors (Lipinski definition) is 1. The fourth-order valence-electron chi connectivity index (χ4n) is 2.25. The highest BCUT2D eigenvalue weighted by Gasteiger charge is 2.32. The summed E-state index contributed by atoms with van der Waals surface area (Å²) in [6, 6.07) is 7.90. The van der Waals surface area contributed by atoms with E-state index in [0.717, 1.165) is 12.1 Å². The fraction of sp³-hybridized carbons (Fsp3) is 0.462. The minimum atomic E-state index is -0.381. The van der Waals surface area contributed by atoms with Gasteiger partial charge in [-0.05, 0) is 31.4 Å². The van der Waals surface area contributed by atoms with Gasteiger partial charge < -0.3 is 10.6 Å². The zero-order chi connectivity index (χ0) is 11.7. The molecule has 86 valence electrons. The van der Waals surface area contributed by atoms with Crippen molar-refractivity contribution in [3.8, 4) is 0 Å². The van der Waals surface area contributed by atoms with Crippen LogP contribution < -0.4 is 10.6 Å². The zero-order valence-electron chi connectivity index (χ0n) is 9.81. The van der Waals surface area contributed by atoms with Gasteiger partial charge in [0.05, 0.1) is 6.04 Å². The Hall–Kier alpha value is -1.35. The van der Waals surface area contributed by atoms with Crippen molar-refractivity contribution in [2.45, 2.75) is 38.8 Å². The van der Waals surface area contributed by atoms with Crippen molar-refractivity contribution in [3.05, 3.63) is 29.8 Å². The van der Waals surface area contributed by atoms with Gasteiger partial charge in [0.2, 0.25) is 5.91 Å². The zero-order valence-corrected chi connectivity index (χ0v) is 9.81. The Morgan fingerprint density at radius 2 is 2.25 bits per heavy atom. The Labute approximate surface area is 96.2 Å². The number of fused-ring (bicyclic) bond motifs is 1. The molecule has 3 heteroatoms. The maximum absolute atomic E-state index is 12.2. The molecule has 0 spiro atoms. The molecule has 1 aromatic carbocycles. The summed E-state index contributed by atoms with van der Waals surface area (Å²) in [5.74, 6) is 0.0416. The molecular weight excluding hydrogens is 200 g/mol. The van der Waals surface area contributed by atoms with Gasteiger partial charge in [-0.1, -0.05) is 25.1 Å². The lowest BCUT2D eigenvalue weighted by atomic mass is 10.1. The lowest BCUT2D eigenvalue weighted by Gasteiger charge is -2.25. The smallest absolute Gasteiger partial charge is 0.244 e. The van der Waals surface area contributed by atoms with Gasteiger partial charge in [0.25, 0.3) is 0 Å². The molecule has 16 heavy (non-hydrogen) atoms. The Morgan fingerprint density at radius 1 is 1.56 bits per heavy atom. The molecule has 0 aromatic heterocycles. The lowest BCUT2D eigenvalue weighted by molar-refractivity contribution is -0.120. The number of hydrogen-bond acceptors (Lipinski definition) is 2. The normalized spacial score (nSPS) is 20.7. The van der Waals surface area contributed by atoms with Gasteiger partial charge in [-0.15, -0.1) is 0 Å². The monoisotopic (exact) mass is 218 g/mol. The number of anilines is 1. The lowest BCUT2D eigenvalue weighted by Crippen LogP contribution is -2.46. The largest absolute Gasteiger partial charge is 0.320 e. The maximum Gasteiger partial charge on any atom is 0.244 e. The van der Waals surface area contributed by atoms with E-state index < -0.39 is 0 Å². The second kappa shape index (κ2) is 4.26. The minimum Gasteiger partial charge on any atom is -0.320 e. The van der Waals surface area contributed by atoms with Crippen LogP contribution in [0.2, 0.25) is 0 Å². The van der Waals surface area contributed by atoms with Crippen LogP contribution in [0, 0.1) is 0 Å². The SMILES string of the molecule is CC[C@H](N)C(=O)N1c2ccccc2CC1C. The molecular formula is C13H18N2O. The van der Waals surface area contributed by atoms with Gasteiger partial charge in [0.1, 0.15) is 0 Å². The molecule has 0 radical (unpaired) electrons. The number of nitrogens with two attached hydrogens (primary N) is 1. The molecule has 1 unspecified atom stereocenters. The first-order valence-electron chi connectivity index (χ1n) is 5.81. The quantitative estimate of drug-likeness (QED) is 0.821. The van der Waals surface area contributed by atoms with Crippen LogP contribution in [0.4, 0.5) is 5.69 Å². The van der Waals surface area contributed by atoms with E-state index in [1.807, 2.05) is 30.0 Å². The van der Waals surface area contributed by atoms with E-state index in [1.165, 1.54) is 5.56 Å². The molecule has 0 saturated carbocycles. The van der Waals surface area contributed by atoms with Crippen LogP contribution in [-0.2, 0) is 11.2 Å². The number of carbonyl (C=O) groups is 1. The maximum atomic E-state index is 12.2. The number of benzene rings is 1. The highest BCUT2D eigenvalue weighted by Crippen LogP contribution is 2.32. The van der Waals surface area contributed by atoms with E-state index in [4.69, 9.17) is 5.73 Å². The fourth-order valence-corrected chi connectivity index (χ4v) is 2.25. The number of rotatable bonds is 2. The van der Waals surface area contributed by atoms with E-state index >= 15 is 0 Å². The van der Waals surface area contributed by atoms with Crippen molar-refractivity contribution in [3.63, 3.8) is 0 Å². The van der Waals surface area contributed by atoms with Gasteiger partial charge in [0, 0.05) is 11.7 Å². The summed E-state index contributed by atoms with van der Waals surface area (Å²) in [7, 11) is 0. The van der Waals surface area contributed by atoms with E-state index in [9.17, 15) is 4.79 Å². The molecule has 0 bridgehead atoms. The van der Waals surface area contributed by atoms with Crippen LogP contribution in [0.3, 0.4) is 0 Å². The molecule has 1 aliphatic heterocycles. The summed E-state index contributed by atoms with van der Waals surface area (Å²) in [6.45, 7) is 4.01. The molecule has 2 rings (SSSR count). The third kappa shape index (κ3) is 1.71. The standard InChI is InChI=1S/C13H18N2O/c1-3-11(14)13(16)15-9(2)8-10-6-4-5-7-12(10)15/h4-7,9,11H,3,8,14H2,1-2H3/t9?,11-/m0/s1. The van der Waals surface area contributed by atoms with Crippen molar-refractivity contribution in [2.75, 3.05) is 4.90 Å². The van der Waals surface area contributed by atoms with Gasteiger partial charge in [-0.2, -0.15) is 0 Å². The van der Waals surface area contributed by atoms with Crippen molar-refractivity contribution < 1.29 is 4.79 Å². The first kappa shape index (κ1) is 11.1. The molecule has 2 atom stereocenters. The van der Waals surface area contributed by atoms with Gasteiger partial charge in [-0.25, -0.2) is 0 Å². The second-order valence-corrected chi connectivity index (χ2v) is 4.40. The molecule has 2 N–H and O–H groups in total. The van der Waals surface area contributed by atoms with Crippen LogP contribution in [0.1, 0.15) is 25.8 Å². The highest BCUT2D eigenvalue weighted by molar-refractivity contribution is 5.99. The van der Waals surface area contributed by atoms with Crippen molar-refractivity contribution in [1.29, 1.82) is 0 Å². The minimum absolute atomic E-state index is 0.0416.